The Labute approximate surface area is 194 Å². The van der Waals surface area contributed by atoms with Crippen LogP contribution in [0.3, 0.4) is 0 Å². The minimum Gasteiger partial charge on any atom is -0.462 e. The van der Waals surface area contributed by atoms with E-state index in [0.717, 1.165) is 68.5 Å². The van der Waals surface area contributed by atoms with Crippen LogP contribution in [0.4, 0.5) is 10.3 Å². The van der Waals surface area contributed by atoms with Crippen molar-refractivity contribution in [2.75, 3.05) is 31.1 Å². The molecule has 7 nitrogen and oxygen atoms in total. The summed E-state index contributed by atoms with van der Waals surface area (Å²) in [7, 11) is 0. The number of halogens is 1. The van der Waals surface area contributed by atoms with Crippen LogP contribution in [0.1, 0.15) is 49.0 Å². The number of aromatic nitrogens is 3. The van der Waals surface area contributed by atoms with E-state index in [-0.39, 0.29) is 5.82 Å². The quantitative estimate of drug-likeness (QED) is 0.491. The molecule has 1 saturated heterocycles. The van der Waals surface area contributed by atoms with Crippen LogP contribution in [0.25, 0.3) is 10.9 Å². The fourth-order valence-electron chi connectivity index (χ4n) is 4.46. The van der Waals surface area contributed by atoms with Crippen molar-refractivity contribution < 1.29 is 13.9 Å². The Bertz CT molecular complexity index is 1070. The molecule has 1 aromatic carbocycles. The van der Waals surface area contributed by atoms with Gasteiger partial charge in [0.05, 0.1) is 12.2 Å². The number of nitrogens with one attached hydrogen (secondary N) is 1. The van der Waals surface area contributed by atoms with E-state index in [1.165, 1.54) is 18.5 Å². The van der Waals surface area contributed by atoms with Crippen LogP contribution in [0.15, 0.2) is 36.8 Å². The van der Waals surface area contributed by atoms with Gasteiger partial charge in [0.1, 0.15) is 5.82 Å². The summed E-state index contributed by atoms with van der Waals surface area (Å²) in [5.41, 5.74) is 2.61. The molecule has 0 aliphatic carbocycles. The van der Waals surface area contributed by atoms with Crippen LogP contribution in [-0.4, -0.2) is 46.7 Å². The van der Waals surface area contributed by atoms with E-state index in [1.54, 1.807) is 13.0 Å². The predicted molar refractivity (Wildman–Crippen MR) is 127 cm³/mol. The second kappa shape index (κ2) is 10.7. The highest BCUT2D eigenvalue weighted by Crippen LogP contribution is 2.24. The van der Waals surface area contributed by atoms with Crippen LogP contribution in [0.2, 0.25) is 0 Å². The van der Waals surface area contributed by atoms with E-state index >= 15 is 0 Å². The van der Waals surface area contributed by atoms with Crippen molar-refractivity contribution in [3.05, 3.63) is 53.7 Å². The molecular formula is C25H32FN5O2. The molecule has 0 bridgehead atoms. The highest BCUT2D eigenvalue weighted by Gasteiger charge is 2.21. The maximum Gasteiger partial charge on any atom is 0.341 e. The lowest BCUT2D eigenvalue weighted by atomic mass is 9.97. The molecule has 3 heterocycles. The van der Waals surface area contributed by atoms with Crippen LogP contribution in [0, 0.1) is 11.7 Å². The predicted octanol–water partition coefficient (Wildman–Crippen LogP) is 4.16. The number of esters is 1. The molecule has 1 aliphatic rings. The van der Waals surface area contributed by atoms with E-state index in [4.69, 9.17) is 4.74 Å². The van der Waals surface area contributed by atoms with Crippen molar-refractivity contribution in [3.8, 4) is 0 Å². The first kappa shape index (κ1) is 23.2. The Morgan fingerprint density at radius 2 is 1.97 bits per heavy atom. The summed E-state index contributed by atoms with van der Waals surface area (Å²) in [6.07, 6.45) is 8.35. The normalized spacial score (nSPS) is 14.7. The number of aryl methyl sites for hydroxylation is 1. The van der Waals surface area contributed by atoms with E-state index in [9.17, 15) is 9.18 Å². The largest absolute Gasteiger partial charge is 0.462 e. The van der Waals surface area contributed by atoms with Crippen LogP contribution in [-0.2, 0) is 17.8 Å². The van der Waals surface area contributed by atoms with Crippen molar-refractivity contribution in [1.82, 2.24) is 19.9 Å². The van der Waals surface area contributed by atoms with Gasteiger partial charge in [-0.05, 0) is 62.4 Å². The molecule has 8 heteroatoms. The number of rotatable bonds is 9. The second-order valence-electron chi connectivity index (χ2n) is 8.56. The standard InChI is InChI=1S/C25H32FN5O2/c1-3-9-31-17-20(22-12-21(26)5-6-23(22)31)14-27-13-18-7-10-30(11-8-18)25-28-15-19(16-29-25)24(32)33-4-2/h5-6,12,15-18,27H,3-4,7-11,13-14H2,1-2H3. The maximum absolute atomic E-state index is 13.8. The average molecular weight is 454 g/mol. The number of carbonyl (C=O) groups is 1. The monoisotopic (exact) mass is 453 g/mol. The molecule has 3 aromatic rings. The van der Waals surface area contributed by atoms with Crippen LogP contribution >= 0.6 is 0 Å². The van der Waals surface area contributed by atoms with E-state index in [2.05, 4.69) is 37.9 Å². The summed E-state index contributed by atoms with van der Waals surface area (Å²) in [5.74, 6) is 0.637. The summed E-state index contributed by atoms with van der Waals surface area (Å²) in [5, 5.41) is 4.58. The van der Waals surface area contributed by atoms with Crippen LogP contribution < -0.4 is 10.2 Å². The van der Waals surface area contributed by atoms with Crippen molar-refractivity contribution >= 4 is 22.8 Å². The van der Waals surface area contributed by atoms with Crippen LogP contribution in [0.5, 0.6) is 0 Å². The van der Waals surface area contributed by atoms with Gasteiger partial charge < -0.3 is 19.5 Å². The minimum atomic E-state index is -0.394. The Morgan fingerprint density at radius 1 is 1.21 bits per heavy atom. The molecule has 0 radical (unpaired) electrons. The number of nitrogens with zero attached hydrogens (tertiary/aromatic N) is 4. The second-order valence-corrected chi connectivity index (χ2v) is 8.56. The Morgan fingerprint density at radius 3 is 2.67 bits per heavy atom. The zero-order valence-electron chi connectivity index (χ0n) is 19.4. The minimum absolute atomic E-state index is 0.192. The number of carbonyl (C=O) groups excluding carboxylic acids is 1. The molecule has 176 valence electrons. The number of benzene rings is 1. The van der Waals surface area contributed by atoms with Gasteiger partial charge in [-0.15, -0.1) is 0 Å². The third kappa shape index (κ3) is 5.50. The summed E-state index contributed by atoms with van der Waals surface area (Å²) < 4.78 is 21.0. The average Bonchev–Trinajstić information content (AvgIpc) is 3.16. The number of anilines is 1. The zero-order valence-corrected chi connectivity index (χ0v) is 19.4. The number of hydrogen-bond acceptors (Lipinski definition) is 6. The molecule has 33 heavy (non-hydrogen) atoms. The molecule has 0 saturated carbocycles. The van der Waals surface area contributed by atoms with E-state index in [0.29, 0.717) is 24.0 Å². The smallest absolute Gasteiger partial charge is 0.341 e. The van der Waals surface area contributed by atoms with Gasteiger partial charge in [-0.3, -0.25) is 0 Å². The molecule has 0 unspecified atom stereocenters. The first-order valence-electron chi connectivity index (χ1n) is 11.8. The summed E-state index contributed by atoms with van der Waals surface area (Å²) >= 11 is 0. The lowest BCUT2D eigenvalue weighted by Gasteiger charge is -2.32. The van der Waals surface area contributed by atoms with Gasteiger partial charge in [0.15, 0.2) is 0 Å². The molecule has 1 aliphatic heterocycles. The molecule has 0 spiro atoms. The molecule has 0 atom stereocenters. The number of ether oxygens (including phenoxy) is 1. The molecular weight excluding hydrogens is 421 g/mol. The molecule has 4 rings (SSSR count). The van der Waals surface area contributed by atoms with Gasteiger partial charge >= 0.3 is 5.97 Å². The van der Waals surface area contributed by atoms with Gasteiger partial charge in [0.2, 0.25) is 5.95 Å². The Hall–Kier alpha value is -3.00. The van der Waals surface area contributed by atoms with Crippen molar-refractivity contribution in [2.24, 2.45) is 5.92 Å². The van der Waals surface area contributed by atoms with Crippen molar-refractivity contribution in [1.29, 1.82) is 0 Å². The van der Waals surface area contributed by atoms with Gasteiger partial charge in [-0.2, -0.15) is 0 Å². The number of piperidine rings is 1. The summed E-state index contributed by atoms with van der Waals surface area (Å²) in [6, 6.07) is 5.05. The van der Waals surface area contributed by atoms with Gasteiger partial charge in [0, 0.05) is 55.7 Å². The molecule has 1 N–H and O–H groups in total. The van der Waals surface area contributed by atoms with E-state index in [1.807, 2.05) is 6.07 Å². The lowest BCUT2D eigenvalue weighted by molar-refractivity contribution is 0.0525. The molecule has 2 aromatic heterocycles. The third-order valence-corrected chi connectivity index (χ3v) is 6.19. The van der Waals surface area contributed by atoms with Gasteiger partial charge in [-0.25, -0.2) is 19.2 Å². The number of hydrogen-bond donors (Lipinski definition) is 1. The van der Waals surface area contributed by atoms with E-state index < -0.39 is 5.97 Å². The highest BCUT2D eigenvalue weighted by molar-refractivity contribution is 5.88. The Kier molecular flexibility index (Phi) is 7.54. The Balaban J connectivity index is 1.28. The fraction of sp³-hybridized carbons (Fsp3) is 0.480. The lowest BCUT2D eigenvalue weighted by Crippen LogP contribution is -2.38. The highest BCUT2D eigenvalue weighted by atomic mass is 19.1. The van der Waals surface area contributed by atoms with Crippen molar-refractivity contribution in [2.45, 2.75) is 46.2 Å². The van der Waals surface area contributed by atoms with Gasteiger partial charge in [0.25, 0.3) is 0 Å². The summed E-state index contributed by atoms with van der Waals surface area (Å²) in [4.78, 5) is 22.6. The SMILES string of the molecule is CCCn1cc(CNCC2CCN(c3ncc(C(=O)OCC)cn3)CC2)c2cc(F)ccc21. The first-order chi connectivity index (χ1) is 16.1. The first-order valence-corrected chi connectivity index (χ1v) is 11.8. The fourth-order valence-corrected chi connectivity index (χ4v) is 4.46. The molecule has 0 amide bonds. The van der Waals surface area contributed by atoms with Gasteiger partial charge in [-0.1, -0.05) is 6.92 Å². The van der Waals surface area contributed by atoms with Crippen molar-refractivity contribution in [3.63, 3.8) is 0 Å². The third-order valence-electron chi connectivity index (χ3n) is 6.19. The summed E-state index contributed by atoms with van der Waals surface area (Å²) in [6.45, 7) is 8.61. The topological polar surface area (TPSA) is 72.3 Å². The molecule has 1 fully saturated rings. The zero-order chi connectivity index (χ0) is 23.2. The maximum atomic E-state index is 13.8. The number of fused-ring (bicyclic) bond motifs is 1.